The Labute approximate surface area is 153 Å². The Morgan fingerprint density at radius 3 is 2.96 bits per heavy atom. The molecule has 1 unspecified atom stereocenters. The van der Waals surface area contributed by atoms with Crippen LogP contribution >= 0.6 is 11.3 Å². The first-order chi connectivity index (χ1) is 12.6. The smallest absolute Gasteiger partial charge is 0.324 e. The van der Waals surface area contributed by atoms with Crippen LogP contribution in [-0.4, -0.2) is 49.2 Å². The van der Waals surface area contributed by atoms with Crippen LogP contribution in [-0.2, 0) is 11.2 Å². The summed E-state index contributed by atoms with van der Waals surface area (Å²) < 4.78 is 2.77. The number of thiazole rings is 1. The van der Waals surface area contributed by atoms with Crippen molar-refractivity contribution >= 4 is 33.5 Å². The topological polar surface area (TPSA) is 93.0 Å². The minimum absolute atomic E-state index is 0.208. The maximum Gasteiger partial charge on any atom is 0.324 e. The monoisotopic (exact) mass is 370 g/mol. The number of carbonyl (C=O) groups excluding carboxylic acids is 2. The third kappa shape index (κ3) is 2.84. The molecular formula is C17H18N6O2S. The van der Waals surface area contributed by atoms with E-state index in [-0.39, 0.29) is 11.9 Å². The van der Waals surface area contributed by atoms with Gasteiger partial charge in [0.1, 0.15) is 18.2 Å². The minimum atomic E-state index is -0.605. The van der Waals surface area contributed by atoms with Crippen molar-refractivity contribution < 1.29 is 9.59 Å². The second kappa shape index (κ2) is 6.49. The molecule has 3 aromatic rings. The molecule has 8 nitrogen and oxygen atoms in total. The van der Waals surface area contributed by atoms with Crippen LogP contribution < -0.4 is 5.32 Å². The fraction of sp³-hybridized carbons (Fsp3) is 0.353. The van der Waals surface area contributed by atoms with Gasteiger partial charge in [-0.25, -0.2) is 19.4 Å². The Morgan fingerprint density at radius 2 is 2.15 bits per heavy atom. The first-order valence-electron chi connectivity index (χ1n) is 8.45. The molecule has 1 aliphatic heterocycles. The van der Waals surface area contributed by atoms with Gasteiger partial charge in [0.05, 0.1) is 20.9 Å². The minimum Gasteiger partial charge on any atom is -0.325 e. The lowest BCUT2D eigenvalue weighted by molar-refractivity contribution is -0.127. The van der Waals surface area contributed by atoms with Crippen LogP contribution in [0.4, 0.5) is 4.79 Å². The average Bonchev–Trinajstić information content (AvgIpc) is 3.28. The number of rotatable bonds is 5. The quantitative estimate of drug-likeness (QED) is 0.694. The zero-order chi connectivity index (χ0) is 18.3. The Morgan fingerprint density at radius 1 is 1.31 bits per heavy atom. The van der Waals surface area contributed by atoms with Crippen LogP contribution in [0.1, 0.15) is 24.2 Å². The molecule has 1 aliphatic rings. The number of fused-ring (bicyclic) bond motifs is 1. The van der Waals surface area contributed by atoms with Gasteiger partial charge in [-0.15, -0.1) is 11.3 Å². The van der Waals surface area contributed by atoms with E-state index in [0.29, 0.717) is 18.8 Å². The molecule has 2 aromatic heterocycles. The summed E-state index contributed by atoms with van der Waals surface area (Å²) in [6.07, 6.45) is 2.49. The first-order valence-corrected chi connectivity index (χ1v) is 9.27. The van der Waals surface area contributed by atoms with Gasteiger partial charge in [0.25, 0.3) is 5.91 Å². The number of aromatic nitrogens is 4. The molecule has 0 radical (unpaired) electrons. The van der Waals surface area contributed by atoms with E-state index in [0.717, 1.165) is 27.3 Å². The van der Waals surface area contributed by atoms with Crippen LogP contribution in [0.15, 0.2) is 24.5 Å². The number of nitrogens with zero attached hydrogens (tertiary/aromatic N) is 5. The Kier molecular flexibility index (Phi) is 4.15. The summed E-state index contributed by atoms with van der Waals surface area (Å²) >= 11 is 1.62. The molecule has 3 heterocycles. The standard InChI is InChI=1S/C17H18N6O2S/c1-3-6-22-16(24)13(21-17(22)25)8-15-18-9-19-23(15)11-4-5-12-14(7-11)26-10(2)20-12/h4-5,7,9,13H,3,6,8H2,1-2H3,(H,21,25). The second-order valence-electron chi connectivity index (χ2n) is 6.17. The summed E-state index contributed by atoms with van der Waals surface area (Å²) in [6, 6.07) is 4.95. The van der Waals surface area contributed by atoms with Crippen molar-refractivity contribution in [3.63, 3.8) is 0 Å². The maximum absolute atomic E-state index is 12.4. The number of nitrogens with one attached hydrogen (secondary N) is 1. The first kappa shape index (κ1) is 16.6. The molecule has 26 heavy (non-hydrogen) atoms. The summed E-state index contributed by atoms with van der Waals surface area (Å²) in [5.74, 6) is 0.419. The van der Waals surface area contributed by atoms with E-state index in [2.05, 4.69) is 20.4 Å². The van der Waals surface area contributed by atoms with Crippen LogP contribution in [0.3, 0.4) is 0 Å². The van der Waals surface area contributed by atoms with E-state index >= 15 is 0 Å². The summed E-state index contributed by atoms with van der Waals surface area (Å²) in [5, 5.41) is 8.04. The highest BCUT2D eigenvalue weighted by atomic mass is 32.1. The van der Waals surface area contributed by atoms with Gasteiger partial charge in [-0.2, -0.15) is 5.10 Å². The Balaban J connectivity index is 1.60. The van der Waals surface area contributed by atoms with E-state index in [9.17, 15) is 9.59 Å². The second-order valence-corrected chi connectivity index (χ2v) is 7.40. The van der Waals surface area contributed by atoms with Gasteiger partial charge >= 0.3 is 6.03 Å². The van der Waals surface area contributed by atoms with E-state index in [1.54, 1.807) is 16.0 Å². The van der Waals surface area contributed by atoms with Gasteiger partial charge in [0.2, 0.25) is 0 Å². The van der Waals surface area contributed by atoms with Gasteiger partial charge in [0.15, 0.2) is 0 Å². The van der Waals surface area contributed by atoms with Crippen LogP contribution in [0.5, 0.6) is 0 Å². The summed E-state index contributed by atoms with van der Waals surface area (Å²) in [6.45, 7) is 4.33. The van der Waals surface area contributed by atoms with Crippen LogP contribution in [0.25, 0.3) is 15.9 Å². The number of imide groups is 1. The highest BCUT2D eigenvalue weighted by molar-refractivity contribution is 7.18. The van der Waals surface area contributed by atoms with E-state index < -0.39 is 6.04 Å². The molecule has 0 spiro atoms. The van der Waals surface area contributed by atoms with Crippen molar-refractivity contribution in [2.75, 3.05) is 6.54 Å². The molecule has 1 atom stereocenters. The number of carbonyl (C=O) groups is 2. The molecule has 0 saturated carbocycles. The van der Waals surface area contributed by atoms with Crippen molar-refractivity contribution in [2.24, 2.45) is 0 Å². The fourth-order valence-corrected chi connectivity index (χ4v) is 3.97. The average molecular weight is 370 g/mol. The molecule has 1 fully saturated rings. The number of aryl methyl sites for hydroxylation is 1. The van der Waals surface area contributed by atoms with Gasteiger partial charge in [-0.05, 0) is 31.5 Å². The van der Waals surface area contributed by atoms with E-state index in [1.165, 1.54) is 11.2 Å². The van der Waals surface area contributed by atoms with Gasteiger partial charge in [0, 0.05) is 13.0 Å². The number of amides is 3. The largest absolute Gasteiger partial charge is 0.325 e. The molecule has 1 aromatic carbocycles. The van der Waals surface area contributed by atoms with E-state index in [1.807, 2.05) is 32.0 Å². The summed E-state index contributed by atoms with van der Waals surface area (Å²) in [7, 11) is 0. The van der Waals surface area contributed by atoms with Crippen molar-refractivity contribution in [1.29, 1.82) is 0 Å². The Bertz CT molecular complexity index is 994. The van der Waals surface area contributed by atoms with Crippen molar-refractivity contribution in [2.45, 2.75) is 32.7 Å². The maximum atomic E-state index is 12.4. The van der Waals surface area contributed by atoms with Gasteiger partial charge < -0.3 is 5.32 Å². The van der Waals surface area contributed by atoms with Crippen molar-refractivity contribution in [3.05, 3.63) is 35.4 Å². The predicted octanol–water partition coefficient (Wildman–Crippen LogP) is 2.06. The molecule has 0 bridgehead atoms. The molecule has 4 rings (SSSR count). The van der Waals surface area contributed by atoms with Crippen molar-refractivity contribution in [3.8, 4) is 5.69 Å². The normalized spacial score (nSPS) is 17.3. The lowest BCUT2D eigenvalue weighted by Gasteiger charge is -2.11. The summed E-state index contributed by atoms with van der Waals surface area (Å²) in [4.78, 5) is 34.4. The lowest BCUT2D eigenvalue weighted by Crippen LogP contribution is -2.33. The zero-order valence-corrected chi connectivity index (χ0v) is 15.3. The third-order valence-electron chi connectivity index (χ3n) is 4.28. The molecule has 3 amide bonds. The predicted molar refractivity (Wildman–Crippen MR) is 97.3 cm³/mol. The molecule has 134 valence electrons. The SMILES string of the molecule is CCCN1C(=O)NC(Cc2ncnn2-c2ccc3nc(C)sc3c2)C1=O. The number of hydrogen-bond donors (Lipinski definition) is 1. The highest BCUT2D eigenvalue weighted by Gasteiger charge is 2.38. The third-order valence-corrected chi connectivity index (χ3v) is 5.22. The van der Waals surface area contributed by atoms with Crippen molar-refractivity contribution in [1.82, 2.24) is 30.0 Å². The number of hydrogen-bond acceptors (Lipinski definition) is 6. The molecule has 9 heteroatoms. The molecule has 1 N–H and O–H groups in total. The molecule has 0 aliphatic carbocycles. The van der Waals surface area contributed by atoms with Gasteiger partial charge in [-0.1, -0.05) is 6.92 Å². The number of benzene rings is 1. The Hall–Kier alpha value is -2.81. The molecular weight excluding hydrogens is 352 g/mol. The fourth-order valence-electron chi connectivity index (χ4n) is 3.11. The zero-order valence-electron chi connectivity index (χ0n) is 14.5. The van der Waals surface area contributed by atoms with E-state index in [4.69, 9.17) is 0 Å². The van der Waals surface area contributed by atoms with Crippen LogP contribution in [0.2, 0.25) is 0 Å². The summed E-state index contributed by atoms with van der Waals surface area (Å²) in [5.41, 5.74) is 1.81. The molecule has 1 saturated heterocycles. The lowest BCUT2D eigenvalue weighted by atomic mass is 10.2. The van der Waals surface area contributed by atoms with Gasteiger partial charge in [-0.3, -0.25) is 9.69 Å². The highest BCUT2D eigenvalue weighted by Crippen LogP contribution is 2.24. The number of urea groups is 1. The van der Waals surface area contributed by atoms with Crippen LogP contribution in [0, 0.1) is 6.92 Å².